The van der Waals surface area contributed by atoms with E-state index in [1.807, 2.05) is 0 Å². The van der Waals surface area contributed by atoms with Gasteiger partial charge in [0.05, 0.1) is 6.10 Å². The van der Waals surface area contributed by atoms with Gasteiger partial charge in [-0.2, -0.15) is 0 Å². The summed E-state index contributed by atoms with van der Waals surface area (Å²) >= 11 is 0. The van der Waals surface area contributed by atoms with Gasteiger partial charge < -0.3 is 5.11 Å². The zero-order valence-electron chi connectivity index (χ0n) is 5.56. The van der Waals surface area contributed by atoms with Crippen molar-refractivity contribution in [3.8, 4) is 0 Å². The van der Waals surface area contributed by atoms with Crippen molar-refractivity contribution in [2.75, 3.05) is 0 Å². The predicted octanol–water partition coefficient (Wildman–Crippen LogP) is 1.41. The van der Waals surface area contributed by atoms with Gasteiger partial charge in [-0.1, -0.05) is 0 Å². The maximum atomic E-state index is 12.7. The first-order valence-electron chi connectivity index (χ1n) is 3.65. The number of alkyl halides is 2. The monoisotopic (exact) mass is 148 g/mol. The summed E-state index contributed by atoms with van der Waals surface area (Å²) in [5.41, 5.74) is 0. The van der Waals surface area contributed by atoms with E-state index in [1.165, 1.54) is 0 Å². The van der Waals surface area contributed by atoms with Gasteiger partial charge in [0.1, 0.15) is 0 Å². The van der Waals surface area contributed by atoms with Gasteiger partial charge in [-0.25, -0.2) is 8.78 Å². The number of aliphatic hydroxyl groups is 1. The van der Waals surface area contributed by atoms with Crippen molar-refractivity contribution in [2.24, 2.45) is 11.8 Å². The molecule has 0 aromatic heterocycles. The highest BCUT2D eigenvalue weighted by atomic mass is 19.3. The summed E-state index contributed by atoms with van der Waals surface area (Å²) < 4.78 is 25.4. The van der Waals surface area contributed by atoms with Gasteiger partial charge >= 0.3 is 0 Å². The van der Waals surface area contributed by atoms with E-state index in [9.17, 15) is 8.78 Å². The topological polar surface area (TPSA) is 20.2 Å². The van der Waals surface area contributed by atoms with Crippen molar-refractivity contribution in [2.45, 2.75) is 31.3 Å². The van der Waals surface area contributed by atoms with Crippen molar-refractivity contribution < 1.29 is 13.9 Å². The van der Waals surface area contributed by atoms with E-state index in [0.717, 1.165) is 0 Å². The summed E-state index contributed by atoms with van der Waals surface area (Å²) in [4.78, 5) is 0. The molecule has 0 heterocycles. The van der Waals surface area contributed by atoms with Crippen LogP contribution in [0.15, 0.2) is 0 Å². The molecule has 1 N–H and O–H groups in total. The predicted molar refractivity (Wildman–Crippen MR) is 31.8 cm³/mol. The quantitative estimate of drug-likeness (QED) is 0.550. The number of hydrogen-bond donors (Lipinski definition) is 1. The third kappa shape index (κ3) is 0.698. The highest BCUT2D eigenvalue weighted by Gasteiger charge is 2.56. The van der Waals surface area contributed by atoms with E-state index >= 15 is 0 Å². The zero-order valence-corrected chi connectivity index (χ0v) is 5.56. The summed E-state index contributed by atoms with van der Waals surface area (Å²) in [6.07, 6.45) is 0.328. The molecule has 1 nitrogen and oxygen atoms in total. The average molecular weight is 148 g/mol. The number of fused-ring (bicyclic) bond motifs is 2. The molecule has 0 aliphatic heterocycles. The van der Waals surface area contributed by atoms with Crippen molar-refractivity contribution in [3.63, 3.8) is 0 Å². The van der Waals surface area contributed by atoms with Crippen LogP contribution < -0.4 is 0 Å². The van der Waals surface area contributed by atoms with Gasteiger partial charge in [-0.05, 0) is 18.8 Å². The van der Waals surface area contributed by atoms with Gasteiger partial charge in [0.2, 0.25) is 0 Å². The molecule has 2 saturated carbocycles. The smallest absolute Gasteiger partial charge is 0.251 e. The Bertz CT molecular complexity index is 156. The normalized spacial score (nSPS) is 50.1. The molecule has 58 valence electrons. The van der Waals surface area contributed by atoms with Gasteiger partial charge in [-0.15, -0.1) is 0 Å². The molecular formula is C7H10F2O. The number of halogens is 2. The van der Waals surface area contributed by atoms with Crippen LogP contribution in [0.5, 0.6) is 0 Å². The minimum atomic E-state index is -2.47. The molecular weight excluding hydrogens is 138 g/mol. The molecule has 2 aliphatic carbocycles. The molecule has 0 spiro atoms. The molecule has 2 bridgehead atoms. The largest absolute Gasteiger partial charge is 0.393 e. The first-order valence-corrected chi connectivity index (χ1v) is 3.65. The second-order valence-corrected chi connectivity index (χ2v) is 3.46. The molecule has 10 heavy (non-hydrogen) atoms. The lowest BCUT2D eigenvalue weighted by Crippen LogP contribution is -2.30. The van der Waals surface area contributed by atoms with Gasteiger partial charge in [-0.3, -0.25) is 0 Å². The van der Waals surface area contributed by atoms with Crippen LogP contribution in [0.25, 0.3) is 0 Å². The standard InChI is InChI=1S/C7H10F2O/c8-7(9)3-4-1-5(7)2-6(4)10/h4-6,10H,1-3H2/t4?,5-,6-/m1/s1. The van der Waals surface area contributed by atoms with Crippen molar-refractivity contribution in [1.82, 2.24) is 0 Å². The highest BCUT2D eigenvalue weighted by Crippen LogP contribution is 2.53. The summed E-state index contributed by atoms with van der Waals surface area (Å²) in [6.45, 7) is 0. The van der Waals surface area contributed by atoms with Gasteiger partial charge in [0, 0.05) is 12.3 Å². The van der Waals surface area contributed by atoms with E-state index in [1.54, 1.807) is 0 Å². The molecule has 2 fully saturated rings. The Kier molecular flexibility index (Phi) is 1.11. The first-order chi connectivity index (χ1) is 4.59. The Morgan fingerprint density at radius 1 is 1.30 bits per heavy atom. The lowest BCUT2D eigenvalue weighted by atomic mass is 9.94. The summed E-state index contributed by atoms with van der Waals surface area (Å²) in [5, 5.41) is 9.12. The molecule has 0 aromatic carbocycles. The van der Waals surface area contributed by atoms with Crippen LogP contribution in [0.4, 0.5) is 8.78 Å². The fourth-order valence-electron chi connectivity index (χ4n) is 2.18. The van der Waals surface area contributed by atoms with Gasteiger partial charge in [0.25, 0.3) is 5.92 Å². The maximum absolute atomic E-state index is 12.7. The maximum Gasteiger partial charge on any atom is 0.251 e. The van der Waals surface area contributed by atoms with Crippen molar-refractivity contribution in [1.29, 1.82) is 0 Å². The zero-order chi connectivity index (χ0) is 7.35. The van der Waals surface area contributed by atoms with E-state index in [-0.39, 0.29) is 12.3 Å². The fraction of sp³-hybridized carbons (Fsp3) is 1.00. The molecule has 0 aromatic rings. The molecule has 1 unspecified atom stereocenters. The molecule has 2 aliphatic rings. The second kappa shape index (κ2) is 1.70. The number of hydrogen-bond acceptors (Lipinski definition) is 1. The number of rotatable bonds is 0. The molecule has 3 heteroatoms. The van der Waals surface area contributed by atoms with Crippen LogP contribution in [0.3, 0.4) is 0 Å². The van der Waals surface area contributed by atoms with Crippen LogP contribution in [0.2, 0.25) is 0 Å². The van der Waals surface area contributed by atoms with E-state index in [0.29, 0.717) is 12.8 Å². The van der Waals surface area contributed by atoms with E-state index in [4.69, 9.17) is 5.11 Å². The Hall–Kier alpha value is -0.180. The first kappa shape index (κ1) is 6.53. The molecule has 0 saturated heterocycles. The second-order valence-electron chi connectivity index (χ2n) is 3.46. The van der Waals surface area contributed by atoms with E-state index in [2.05, 4.69) is 0 Å². The molecule has 0 amide bonds. The third-order valence-corrected chi connectivity index (χ3v) is 2.79. The Balaban J connectivity index is 2.16. The minimum absolute atomic E-state index is 0.0845. The summed E-state index contributed by atoms with van der Waals surface area (Å²) in [7, 11) is 0. The van der Waals surface area contributed by atoms with Crippen molar-refractivity contribution >= 4 is 0 Å². The lowest BCUT2D eigenvalue weighted by molar-refractivity contribution is -0.0752. The summed E-state index contributed by atoms with van der Waals surface area (Å²) in [5.74, 6) is -3.10. The highest BCUT2D eigenvalue weighted by molar-refractivity contribution is 4.99. The fourth-order valence-corrected chi connectivity index (χ4v) is 2.18. The number of aliphatic hydroxyl groups excluding tert-OH is 1. The SMILES string of the molecule is O[C@@H]1C[C@H]2CC1CC2(F)F. The lowest BCUT2D eigenvalue weighted by Gasteiger charge is -2.24. The molecule has 3 atom stereocenters. The van der Waals surface area contributed by atoms with Crippen molar-refractivity contribution in [3.05, 3.63) is 0 Å². The minimum Gasteiger partial charge on any atom is -0.393 e. The Morgan fingerprint density at radius 2 is 2.00 bits per heavy atom. The van der Waals surface area contributed by atoms with Gasteiger partial charge in [0.15, 0.2) is 0 Å². The molecule has 2 rings (SSSR count). The van der Waals surface area contributed by atoms with Crippen LogP contribution in [-0.2, 0) is 0 Å². The Labute approximate surface area is 58.0 Å². The van der Waals surface area contributed by atoms with E-state index < -0.39 is 17.9 Å². The Morgan fingerprint density at radius 3 is 2.30 bits per heavy atom. The van der Waals surface area contributed by atoms with Crippen LogP contribution in [0, 0.1) is 11.8 Å². The summed E-state index contributed by atoms with van der Waals surface area (Å²) in [6, 6.07) is 0. The van der Waals surface area contributed by atoms with Crippen LogP contribution in [-0.4, -0.2) is 17.1 Å². The van der Waals surface area contributed by atoms with Crippen LogP contribution >= 0.6 is 0 Å². The van der Waals surface area contributed by atoms with Crippen LogP contribution in [0.1, 0.15) is 19.3 Å². The molecule has 0 radical (unpaired) electrons. The third-order valence-electron chi connectivity index (χ3n) is 2.79. The average Bonchev–Trinajstić information content (AvgIpc) is 2.21.